The first-order valence-corrected chi connectivity index (χ1v) is 7.77. The molecule has 0 spiro atoms. The van der Waals surface area contributed by atoms with Crippen molar-refractivity contribution in [2.24, 2.45) is 0 Å². The lowest BCUT2D eigenvalue weighted by Gasteiger charge is -2.14. The number of carbonyl (C=O) groups is 1. The molecule has 2 aromatic rings. The molecular weight excluding hydrogens is 394 g/mol. The Morgan fingerprint density at radius 3 is 2.62 bits per heavy atom. The number of hydrogen-bond acceptors (Lipinski definition) is 4. The van der Waals surface area contributed by atoms with Crippen LogP contribution in [-0.2, 0) is 0 Å². The van der Waals surface area contributed by atoms with Crippen molar-refractivity contribution in [3.63, 3.8) is 0 Å². The summed E-state index contributed by atoms with van der Waals surface area (Å²) in [7, 11) is 0. The van der Waals surface area contributed by atoms with Crippen LogP contribution >= 0.6 is 23.2 Å². The van der Waals surface area contributed by atoms with Gasteiger partial charge in [-0.05, 0) is 12.1 Å². The molecule has 0 saturated heterocycles. The highest BCUT2D eigenvalue weighted by Gasteiger charge is 2.28. The van der Waals surface area contributed by atoms with Gasteiger partial charge in [-0.15, -0.1) is 0 Å². The summed E-state index contributed by atoms with van der Waals surface area (Å²) in [5.41, 5.74) is 0.343. The van der Waals surface area contributed by atoms with E-state index in [9.17, 15) is 23.2 Å². The maximum Gasteiger partial charge on any atom is 0.422 e. The van der Waals surface area contributed by atoms with E-state index >= 15 is 0 Å². The van der Waals surface area contributed by atoms with E-state index in [1.807, 2.05) is 6.07 Å². The molecule has 10 heteroatoms. The van der Waals surface area contributed by atoms with E-state index in [2.05, 4.69) is 15.0 Å². The molecule has 26 heavy (non-hydrogen) atoms. The lowest BCUT2D eigenvalue weighted by molar-refractivity contribution is -0.154. The molecule has 0 fully saturated rings. The zero-order valence-corrected chi connectivity index (χ0v) is 14.4. The molecule has 1 aromatic heterocycles. The highest BCUT2D eigenvalue weighted by molar-refractivity contribution is 6.42. The van der Waals surface area contributed by atoms with E-state index in [-0.39, 0.29) is 21.5 Å². The maximum atomic E-state index is 12.2. The number of nitrogens with one attached hydrogen (secondary N) is 1. The van der Waals surface area contributed by atoms with Crippen LogP contribution in [0.4, 0.5) is 13.2 Å². The Labute approximate surface area is 156 Å². The Morgan fingerprint density at radius 2 is 2.04 bits per heavy atom. The molecule has 1 amide bonds. The van der Waals surface area contributed by atoms with Crippen molar-refractivity contribution >= 4 is 29.1 Å². The van der Waals surface area contributed by atoms with Crippen LogP contribution in [0.5, 0.6) is 5.88 Å². The molecule has 1 aromatic carbocycles. The largest absolute Gasteiger partial charge is 0.468 e. The van der Waals surface area contributed by atoms with Crippen molar-refractivity contribution < 1.29 is 22.7 Å². The summed E-state index contributed by atoms with van der Waals surface area (Å²) in [6.07, 6.45) is -3.46. The number of pyridine rings is 1. The quantitative estimate of drug-likeness (QED) is 0.806. The number of halogens is 5. The summed E-state index contributed by atoms with van der Waals surface area (Å²) in [5, 5.41) is 12.1. The van der Waals surface area contributed by atoms with Crippen LogP contribution in [0.3, 0.4) is 0 Å². The molecule has 1 heterocycles. The van der Waals surface area contributed by atoms with Crippen LogP contribution in [0.2, 0.25) is 10.0 Å². The molecule has 136 valence electrons. The van der Waals surface area contributed by atoms with Gasteiger partial charge in [0.05, 0.1) is 21.7 Å². The third-order valence-electron chi connectivity index (χ3n) is 3.08. The summed E-state index contributed by atoms with van der Waals surface area (Å²) < 4.78 is 40.7. The average molecular weight is 404 g/mol. The first-order chi connectivity index (χ1) is 12.2. The van der Waals surface area contributed by atoms with Crippen LogP contribution < -0.4 is 10.1 Å². The third-order valence-corrected chi connectivity index (χ3v) is 3.91. The molecule has 2 rings (SSSR count). The SMILES string of the molecule is N#CC(NC(=O)c1ccc(OCC(F)(F)F)nc1)c1cccc(Cl)c1Cl. The Morgan fingerprint density at radius 1 is 1.31 bits per heavy atom. The van der Waals surface area contributed by atoms with Crippen molar-refractivity contribution in [3.05, 3.63) is 57.7 Å². The number of alkyl halides is 3. The molecule has 0 bridgehead atoms. The lowest BCUT2D eigenvalue weighted by Crippen LogP contribution is -2.28. The van der Waals surface area contributed by atoms with Gasteiger partial charge in [0.2, 0.25) is 5.88 Å². The van der Waals surface area contributed by atoms with Crippen LogP contribution in [0.25, 0.3) is 0 Å². The van der Waals surface area contributed by atoms with Gasteiger partial charge < -0.3 is 10.1 Å². The fraction of sp³-hybridized carbons (Fsp3) is 0.188. The molecule has 0 saturated carbocycles. The van der Waals surface area contributed by atoms with Crippen LogP contribution in [0.15, 0.2) is 36.5 Å². The Balaban J connectivity index is 2.09. The molecular formula is C16H10Cl2F3N3O2. The molecule has 0 aliphatic rings. The van der Waals surface area contributed by atoms with E-state index in [4.69, 9.17) is 23.2 Å². The van der Waals surface area contributed by atoms with Crippen molar-refractivity contribution in [1.29, 1.82) is 5.26 Å². The fourth-order valence-electron chi connectivity index (χ4n) is 1.89. The number of hydrogen-bond donors (Lipinski definition) is 1. The second kappa shape index (κ2) is 8.25. The smallest absolute Gasteiger partial charge is 0.422 e. The maximum absolute atomic E-state index is 12.2. The minimum absolute atomic E-state index is 0.0303. The van der Waals surface area contributed by atoms with E-state index in [1.165, 1.54) is 18.2 Å². The van der Waals surface area contributed by atoms with Gasteiger partial charge in [-0.1, -0.05) is 35.3 Å². The normalized spacial score (nSPS) is 12.2. The fourth-order valence-corrected chi connectivity index (χ4v) is 2.31. The number of benzene rings is 1. The predicted octanol–water partition coefficient (Wildman–Crippen LogP) is 4.32. The van der Waals surface area contributed by atoms with Gasteiger partial charge in [-0.3, -0.25) is 4.79 Å². The van der Waals surface area contributed by atoms with E-state index in [0.717, 1.165) is 12.3 Å². The zero-order valence-electron chi connectivity index (χ0n) is 12.8. The molecule has 5 nitrogen and oxygen atoms in total. The monoisotopic (exact) mass is 403 g/mol. The number of nitrogens with zero attached hydrogens (tertiary/aromatic N) is 2. The first-order valence-electron chi connectivity index (χ1n) is 7.01. The van der Waals surface area contributed by atoms with Crippen LogP contribution in [0, 0.1) is 11.3 Å². The van der Waals surface area contributed by atoms with Gasteiger partial charge in [0.1, 0.15) is 6.04 Å². The molecule has 0 aliphatic carbocycles. The number of ether oxygens (including phenoxy) is 1. The highest BCUT2D eigenvalue weighted by Crippen LogP contribution is 2.29. The number of carbonyl (C=O) groups excluding carboxylic acids is 1. The Hall–Kier alpha value is -2.50. The Kier molecular flexibility index (Phi) is 6.29. The minimum atomic E-state index is -4.49. The number of aromatic nitrogens is 1. The molecule has 0 radical (unpaired) electrons. The van der Waals surface area contributed by atoms with Gasteiger partial charge >= 0.3 is 6.18 Å². The predicted molar refractivity (Wildman–Crippen MR) is 88.1 cm³/mol. The third kappa shape index (κ3) is 5.25. The van der Waals surface area contributed by atoms with Gasteiger partial charge in [0, 0.05) is 17.8 Å². The Bertz CT molecular complexity index is 836. The van der Waals surface area contributed by atoms with Crippen LogP contribution in [-0.4, -0.2) is 23.7 Å². The van der Waals surface area contributed by atoms with Gasteiger partial charge in [0.25, 0.3) is 5.91 Å². The molecule has 0 aliphatic heterocycles. The topological polar surface area (TPSA) is 75.0 Å². The summed E-state index contributed by atoms with van der Waals surface area (Å²) in [4.78, 5) is 15.8. The lowest BCUT2D eigenvalue weighted by atomic mass is 10.1. The highest BCUT2D eigenvalue weighted by atomic mass is 35.5. The summed E-state index contributed by atoms with van der Waals surface area (Å²) in [5.74, 6) is -0.948. The van der Waals surface area contributed by atoms with Crippen molar-refractivity contribution in [2.75, 3.05) is 6.61 Å². The van der Waals surface area contributed by atoms with Crippen molar-refractivity contribution in [3.8, 4) is 11.9 Å². The van der Waals surface area contributed by atoms with E-state index in [1.54, 1.807) is 6.07 Å². The molecule has 1 unspecified atom stereocenters. The van der Waals surface area contributed by atoms with Gasteiger partial charge in [-0.2, -0.15) is 18.4 Å². The zero-order chi connectivity index (χ0) is 19.3. The average Bonchev–Trinajstić information content (AvgIpc) is 2.60. The van der Waals surface area contributed by atoms with E-state index in [0.29, 0.717) is 5.56 Å². The molecule has 1 atom stereocenters. The van der Waals surface area contributed by atoms with Crippen molar-refractivity contribution in [2.45, 2.75) is 12.2 Å². The summed E-state index contributed by atoms with van der Waals surface area (Å²) >= 11 is 11.9. The standard InChI is InChI=1S/C16H10Cl2F3N3O2/c17-11-3-1-2-10(14(11)18)12(6-22)24-15(25)9-4-5-13(23-7-9)26-8-16(19,20)21/h1-5,7,12H,8H2,(H,24,25). The number of nitriles is 1. The van der Waals surface area contributed by atoms with E-state index < -0.39 is 24.7 Å². The minimum Gasteiger partial charge on any atom is -0.468 e. The summed E-state index contributed by atoms with van der Waals surface area (Å²) in [6, 6.07) is 7.81. The number of amides is 1. The second-order valence-electron chi connectivity index (χ2n) is 4.97. The van der Waals surface area contributed by atoms with Gasteiger partial charge in [-0.25, -0.2) is 4.98 Å². The van der Waals surface area contributed by atoms with Crippen LogP contribution in [0.1, 0.15) is 22.0 Å². The summed E-state index contributed by atoms with van der Waals surface area (Å²) in [6.45, 7) is -1.49. The number of rotatable bonds is 5. The second-order valence-corrected chi connectivity index (χ2v) is 5.75. The molecule has 1 N–H and O–H groups in total. The van der Waals surface area contributed by atoms with Crippen molar-refractivity contribution in [1.82, 2.24) is 10.3 Å². The first kappa shape index (κ1) is 19.8. The van der Waals surface area contributed by atoms with Gasteiger partial charge in [0.15, 0.2) is 6.61 Å².